The van der Waals surface area contributed by atoms with E-state index in [2.05, 4.69) is 0 Å². The Morgan fingerprint density at radius 2 is 1.50 bits per heavy atom. The third-order valence-corrected chi connectivity index (χ3v) is 9.03. The van der Waals surface area contributed by atoms with Crippen LogP contribution in [0.5, 0.6) is 0 Å². The molecule has 0 spiro atoms. The molecule has 0 amide bonds. The Kier molecular flexibility index (Phi) is 7.05. The number of benzene rings is 2. The van der Waals surface area contributed by atoms with Crippen molar-refractivity contribution in [3.8, 4) is 0 Å². The second-order valence-electron chi connectivity index (χ2n) is 6.68. The molecule has 0 unspecified atom stereocenters. The molecular formula is C18H18Cl2F2N2O4S2. The zero-order valence-electron chi connectivity index (χ0n) is 15.5. The molecule has 1 heterocycles. The minimum absolute atomic E-state index is 0.0135. The number of sulfone groups is 1. The Morgan fingerprint density at radius 1 is 0.900 bits per heavy atom. The highest BCUT2D eigenvalue weighted by atomic mass is 35.5. The molecular weight excluding hydrogens is 481 g/mol. The van der Waals surface area contributed by atoms with Crippen molar-refractivity contribution in [3.63, 3.8) is 0 Å². The maximum Gasteiger partial charge on any atom is 0.341 e. The fraction of sp³-hybridized carbons (Fsp3) is 0.333. The lowest BCUT2D eigenvalue weighted by atomic mass is 10.2. The summed E-state index contributed by atoms with van der Waals surface area (Å²) in [4.78, 5) is 1.51. The zero-order chi connectivity index (χ0) is 22.1. The Balaban J connectivity index is 1.64. The minimum Gasteiger partial charge on any atom is -0.296 e. The Hall–Kier alpha value is -1.30. The van der Waals surface area contributed by atoms with Crippen LogP contribution in [-0.4, -0.2) is 58.0 Å². The molecule has 1 aliphatic rings. The number of alkyl halides is 2. The smallest absolute Gasteiger partial charge is 0.296 e. The van der Waals surface area contributed by atoms with Gasteiger partial charge >= 0.3 is 5.76 Å². The first-order valence-electron chi connectivity index (χ1n) is 8.81. The van der Waals surface area contributed by atoms with Crippen molar-refractivity contribution in [2.24, 2.45) is 0 Å². The van der Waals surface area contributed by atoms with E-state index in [0.717, 1.165) is 17.7 Å². The molecule has 0 atom stereocenters. The quantitative estimate of drug-likeness (QED) is 0.609. The van der Waals surface area contributed by atoms with E-state index >= 15 is 0 Å². The highest BCUT2D eigenvalue weighted by Gasteiger charge is 2.31. The van der Waals surface area contributed by atoms with Gasteiger partial charge in [0.15, 0.2) is 0 Å². The topological polar surface area (TPSA) is 74.8 Å². The zero-order valence-corrected chi connectivity index (χ0v) is 18.7. The fourth-order valence-electron chi connectivity index (χ4n) is 3.10. The molecule has 1 saturated heterocycles. The van der Waals surface area contributed by atoms with E-state index < -0.39 is 30.5 Å². The van der Waals surface area contributed by atoms with Crippen LogP contribution in [0, 0.1) is 0 Å². The molecule has 2 aromatic rings. The molecule has 12 heteroatoms. The molecule has 3 rings (SSSR count). The van der Waals surface area contributed by atoms with Gasteiger partial charge in [-0.05, 0) is 29.8 Å². The average Bonchev–Trinajstić information content (AvgIpc) is 2.70. The van der Waals surface area contributed by atoms with Crippen LogP contribution in [0.2, 0.25) is 10.0 Å². The molecule has 1 fully saturated rings. The Labute approximate surface area is 184 Å². The van der Waals surface area contributed by atoms with Crippen LogP contribution >= 0.6 is 23.2 Å². The molecule has 0 radical (unpaired) electrons. The third kappa shape index (κ3) is 4.79. The normalized spacial score (nSPS) is 16.8. The average molecular weight is 499 g/mol. The van der Waals surface area contributed by atoms with Gasteiger partial charge < -0.3 is 0 Å². The second-order valence-corrected chi connectivity index (χ2v) is 11.3. The van der Waals surface area contributed by atoms with Gasteiger partial charge in [-0.15, -0.1) is 0 Å². The summed E-state index contributed by atoms with van der Waals surface area (Å²) in [5.74, 6) is -3.47. The Bertz CT molecular complexity index is 1120. The van der Waals surface area contributed by atoms with Crippen LogP contribution in [0.4, 0.5) is 8.78 Å². The van der Waals surface area contributed by atoms with Gasteiger partial charge in [0.25, 0.3) is 0 Å². The van der Waals surface area contributed by atoms with Crippen LogP contribution in [0.1, 0.15) is 5.56 Å². The van der Waals surface area contributed by atoms with Crippen molar-refractivity contribution in [1.29, 1.82) is 0 Å². The van der Waals surface area contributed by atoms with Crippen LogP contribution in [0.25, 0.3) is 0 Å². The van der Waals surface area contributed by atoms with Crippen LogP contribution < -0.4 is 0 Å². The maximum atomic E-state index is 12.9. The largest absolute Gasteiger partial charge is 0.341 e. The number of rotatable bonds is 6. The summed E-state index contributed by atoms with van der Waals surface area (Å²) in [6, 6.07) is 9.70. The SMILES string of the molecule is O=S(=O)(c1ccc(CN2CCN(S(=O)(=O)c3cccc(Cl)c3Cl)CC2)cc1)C(F)F. The second kappa shape index (κ2) is 9.05. The van der Waals surface area contributed by atoms with E-state index in [1.807, 2.05) is 4.90 Å². The first-order valence-corrected chi connectivity index (χ1v) is 12.5. The van der Waals surface area contributed by atoms with Crippen molar-refractivity contribution >= 4 is 43.1 Å². The molecule has 0 aromatic heterocycles. The lowest BCUT2D eigenvalue weighted by Gasteiger charge is -2.34. The summed E-state index contributed by atoms with van der Waals surface area (Å²) in [5, 5.41) is 0.147. The van der Waals surface area contributed by atoms with Crippen LogP contribution in [0.15, 0.2) is 52.3 Å². The molecule has 30 heavy (non-hydrogen) atoms. The lowest BCUT2D eigenvalue weighted by molar-refractivity contribution is 0.181. The molecule has 2 aromatic carbocycles. The van der Waals surface area contributed by atoms with Gasteiger partial charge in [0, 0.05) is 32.7 Å². The van der Waals surface area contributed by atoms with Gasteiger partial charge in [-0.25, -0.2) is 16.8 Å². The number of nitrogens with zero attached hydrogens (tertiary/aromatic N) is 2. The minimum atomic E-state index is -4.62. The van der Waals surface area contributed by atoms with Gasteiger partial charge in [0.2, 0.25) is 19.9 Å². The predicted molar refractivity (Wildman–Crippen MR) is 110 cm³/mol. The van der Waals surface area contributed by atoms with Gasteiger partial charge in [-0.1, -0.05) is 41.4 Å². The summed E-state index contributed by atoms with van der Waals surface area (Å²) in [6.07, 6.45) is 0. The Morgan fingerprint density at radius 3 is 2.07 bits per heavy atom. The fourth-order valence-corrected chi connectivity index (χ4v) is 5.98. The van der Waals surface area contributed by atoms with Crippen molar-refractivity contribution < 1.29 is 25.6 Å². The number of sulfonamides is 1. The first kappa shape index (κ1) is 23.4. The van der Waals surface area contributed by atoms with E-state index in [1.54, 1.807) is 0 Å². The molecule has 0 saturated carbocycles. The van der Waals surface area contributed by atoms with Gasteiger partial charge in [0.05, 0.1) is 14.9 Å². The number of hydrogen-bond donors (Lipinski definition) is 0. The summed E-state index contributed by atoms with van der Waals surface area (Å²) < 4.78 is 75.2. The van der Waals surface area contributed by atoms with Crippen LogP contribution in [0.3, 0.4) is 0 Å². The van der Waals surface area contributed by atoms with Crippen LogP contribution in [-0.2, 0) is 26.4 Å². The summed E-state index contributed by atoms with van der Waals surface area (Å²) >= 11 is 12.0. The van der Waals surface area contributed by atoms with Crippen molar-refractivity contribution in [1.82, 2.24) is 9.21 Å². The van der Waals surface area contributed by atoms with Crippen molar-refractivity contribution in [2.75, 3.05) is 26.2 Å². The number of piperazine rings is 1. The molecule has 0 N–H and O–H groups in total. The summed E-state index contributed by atoms with van der Waals surface area (Å²) in [7, 11) is -8.41. The molecule has 164 valence electrons. The van der Waals surface area contributed by atoms with E-state index in [9.17, 15) is 25.6 Å². The van der Waals surface area contributed by atoms with Gasteiger partial charge in [-0.3, -0.25) is 4.90 Å². The number of hydrogen-bond acceptors (Lipinski definition) is 5. The van der Waals surface area contributed by atoms with E-state index in [0.29, 0.717) is 19.6 Å². The molecule has 0 bridgehead atoms. The molecule has 0 aliphatic carbocycles. The van der Waals surface area contributed by atoms with E-state index in [-0.39, 0.29) is 28.0 Å². The van der Waals surface area contributed by atoms with E-state index in [4.69, 9.17) is 23.2 Å². The molecule has 1 aliphatic heterocycles. The highest BCUT2D eigenvalue weighted by Crippen LogP contribution is 2.31. The third-order valence-electron chi connectivity index (χ3n) is 4.76. The summed E-state index contributed by atoms with van der Waals surface area (Å²) in [5.41, 5.74) is 0.734. The standard InChI is InChI=1S/C18H18Cl2F2N2O4S2/c19-15-2-1-3-16(17(15)20)30(27,28)24-10-8-23(9-11-24)12-13-4-6-14(7-5-13)29(25,26)18(21)22/h1-7,18H,8-12H2. The highest BCUT2D eigenvalue weighted by molar-refractivity contribution is 7.91. The summed E-state index contributed by atoms with van der Waals surface area (Å²) in [6.45, 7) is 1.79. The van der Waals surface area contributed by atoms with Gasteiger partial charge in [0.1, 0.15) is 4.90 Å². The molecule has 6 nitrogen and oxygen atoms in total. The van der Waals surface area contributed by atoms with E-state index in [1.165, 1.54) is 34.6 Å². The predicted octanol–water partition coefficient (Wildman–Crippen LogP) is 3.50. The maximum absolute atomic E-state index is 12.9. The van der Waals surface area contributed by atoms with Crippen molar-refractivity contribution in [3.05, 3.63) is 58.1 Å². The van der Waals surface area contributed by atoms with Crippen molar-refractivity contribution in [2.45, 2.75) is 22.1 Å². The number of halogens is 4. The first-order chi connectivity index (χ1) is 14.0. The lowest BCUT2D eigenvalue weighted by Crippen LogP contribution is -2.48. The monoisotopic (exact) mass is 498 g/mol. The van der Waals surface area contributed by atoms with Gasteiger partial charge in [-0.2, -0.15) is 13.1 Å².